The van der Waals surface area contributed by atoms with Gasteiger partial charge in [0.2, 0.25) is 0 Å². The summed E-state index contributed by atoms with van der Waals surface area (Å²) in [4.78, 5) is 14.1. The minimum absolute atomic E-state index is 0.0990. The molecule has 5 heteroatoms. The fraction of sp³-hybridized carbons (Fsp3) is 0.250. The highest BCUT2D eigenvalue weighted by molar-refractivity contribution is 6.30. The molecule has 1 heterocycles. The lowest BCUT2D eigenvalue weighted by atomic mass is 10.4. The van der Waals surface area contributed by atoms with Crippen LogP contribution in [0.4, 0.5) is 0 Å². The van der Waals surface area contributed by atoms with Crippen molar-refractivity contribution in [1.82, 2.24) is 4.98 Å². The Bertz CT molecular complexity index is 303. The van der Waals surface area contributed by atoms with Gasteiger partial charge in [0.25, 0.3) is 0 Å². The molecular weight excluding hydrogens is 194 g/mol. The fourth-order valence-electron chi connectivity index (χ4n) is 0.731. The van der Waals surface area contributed by atoms with E-state index in [4.69, 9.17) is 16.3 Å². The normalized spacial score (nSPS) is 9.69. The summed E-state index contributed by atoms with van der Waals surface area (Å²) < 4.78 is 9.73. The number of carbonyl (C=O) groups excluding carboxylic acids is 1. The Morgan fingerprint density at radius 2 is 2.38 bits per heavy atom. The summed E-state index contributed by atoms with van der Waals surface area (Å²) >= 11 is 5.69. The van der Waals surface area contributed by atoms with Gasteiger partial charge >= 0.3 is 0 Å². The van der Waals surface area contributed by atoms with Crippen LogP contribution in [0.1, 0.15) is 10.5 Å². The molecule has 4 nitrogen and oxygen atoms in total. The first kappa shape index (κ1) is 9.95. The smallest absolute Gasteiger partial charge is 0.188 e. The largest absolute Gasteiger partial charge is 0.464 e. The zero-order chi connectivity index (χ0) is 9.68. The van der Waals surface area contributed by atoms with Crippen molar-refractivity contribution in [3.05, 3.63) is 23.0 Å². The summed E-state index contributed by atoms with van der Waals surface area (Å²) in [5.41, 5.74) is 0.273. The van der Waals surface area contributed by atoms with Crippen LogP contribution in [-0.4, -0.2) is 25.2 Å². The van der Waals surface area contributed by atoms with E-state index >= 15 is 0 Å². The van der Waals surface area contributed by atoms with Gasteiger partial charge in [-0.15, -0.1) is 0 Å². The minimum atomic E-state index is 0.0990. The number of hydrogen-bond acceptors (Lipinski definition) is 4. The van der Waals surface area contributed by atoms with Gasteiger partial charge in [-0.25, -0.2) is 4.98 Å². The predicted octanol–water partition coefficient (Wildman–Crippen LogP) is 1.53. The Morgan fingerprint density at radius 1 is 1.62 bits per heavy atom. The van der Waals surface area contributed by atoms with Crippen molar-refractivity contribution in [3.8, 4) is 5.75 Å². The van der Waals surface area contributed by atoms with Gasteiger partial charge in [-0.3, -0.25) is 4.79 Å². The quantitative estimate of drug-likeness (QED) is 0.421. The molecule has 1 rings (SSSR count). The minimum Gasteiger partial charge on any atom is -0.464 e. The Kier molecular flexibility index (Phi) is 3.67. The lowest BCUT2D eigenvalue weighted by Gasteiger charge is -2.05. The van der Waals surface area contributed by atoms with Crippen molar-refractivity contribution in [2.75, 3.05) is 13.9 Å². The lowest BCUT2D eigenvalue weighted by molar-refractivity contribution is 0.0509. The van der Waals surface area contributed by atoms with Crippen molar-refractivity contribution < 1.29 is 14.3 Å². The topological polar surface area (TPSA) is 48.4 Å². The average Bonchev–Trinajstić information content (AvgIpc) is 2.16. The van der Waals surface area contributed by atoms with Crippen LogP contribution in [0, 0.1) is 0 Å². The molecule has 70 valence electrons. The van der Waals surface area contributed by atoms with E-state index in [0.29, 0.717) is 12.0 Å². The van der Waals surface area contributed by atoms with Crippen LogP contribution in [0.5, 0.6) is 5.75 Å². The fourth-order valence-corrected chi connectivity index (χ4v) is 0.946. The Morgan fingerprint density at radius 3 is 2.92 bits per heavy atom. The molecule has 0 aromatic carbocycles. The van der Waals surface area contributed by atoms with Crippen LogP contribution < -0.4 is 4.74 Å². The maximum atomic E-state index is 10.3. The number of methoxy groups -OCH3 is 1. The Labute approximate surface area is 80.4 Å². The molecule has 1 aromatic rings. The van der Waals surface area contributed by atoms with Crippen molar-refractivity contribution >= 4 is 17.9 Å². The molecule has 0 unspecified atom stereocenters. The molecule has 0 radical (unpaired) electrons. The second kappa shape index (κ2) is 4.79. The first-order chi connectivity index (χ1) is 6.27. The van der Waals surface area contributed by atoms with Gasteiger partial charge in [-0.1, -0.05) is 11.6 Å². The molecule has 0 bridgehead atoms. The van der Waals surface area contributed by atoms with Crippen molar-refractivity contribution in [1.29, 1.82) is 0 Å². The van der Waals surface area contributed by atoms with Gasteiger partial charge in [0.05, 0.1) is 0 Å². The van der Waals surface area contributed by atoms with E-state index in [1.807, 2.05) is 0 Å². The zero-order valence-corrected chi connectivity index (χ0v) is 7.75. The second-order valence-corrected chi connectivity index (χ2v) is 2.55. The predicted molar refractivity (Wildman–Crippen MR) is 47.1 cm³/mol. The number of carbonyl (C=O) groups is 1. The SMILES string of the molecule is COCOc1ccc(C=O)nc1Cl. The standard InChI is InChI=1S/C8H8ClNO3/c1-12-5-13-7-3-2-6(4-11)10-8(7)9/h2-4H,5H2,1H3. The molecule has 0 aliphatic rings. The highest BCUT2D eigenvalue weighted by Crippen LogP contribution is 2.21. The highest BCUT2D eigenvalue weighted by atomic mass is 35.5. The zero-order valence-electron chi connectivity index (χ0n) is 6.99. The molecule has 0 N–H and O–H groups in total. The van der Waals surface area contributed by atoms with Gasteiger partial charge in [-0.2, -0.15) is 0 Å². The van der Waals surface area contributed by atoms with Gasteiger partial charge in [0, 0.05) is 7.11 Å². The van der Waals surface area contributed by atoms with E-state index < -0.39 is 0 Å². The van der Waals surface area contributed by atoms with Crippen LogP contribution in [0.3, 0.4) is 0 Å². The van der Waals surface area contributed by atoms with Crippen LogP contribution in [0.25, 0.3) is 0 Å². The van der Waals surface area contributed by atoms with Crippen molar-refractivity contribution in [2.45, 2.75) is 0 Å². The van der Waals surface area contributed by atoms with Gasteiger partial charge < -0.3 is 9.47 Å². The summed E-state index contributed by atoms with van der Waals surface area (Å²) in [6, 6.07) is 3.09. The van der Waals surface area contributed by atoms with E-state index in [2.05, 4.69) is 9.72 Å². The van der Waals surface area contributed by atoms with E-state index in [-0.39, 0.29) is 17.6 Å². The van der Waals surface area contributed by atoms with E-state index in [1.54, 1.807) is 6.07 Å². The number of aldehydes is 1. The number of aromatic nitrogens is 1. The van der Waals surface area contributed by atoms with E-state index in [9.17, 15) is 4.79 Å². The number of hydrogen-bond donors (Lipinski definition) is 0. The van der Waals surface area contributed by atoms with E-state index in [1.165, 1.54) is 13.2 Å². The third-order valence-electron chi connectivity index (χ3n) is 1.29. The van der Waals surface area contributed by atoms with Crippen molar-refractivity contribution in [2.24, 2.45) is 0 Å². The molecule has 0 aliphatic carbocycles. The Hall–Kier alpha value is -1.13. The monoisotopic (exact) mass is 201 g/mol. The molecule has 1 aromatic heterocycles. The van der Waals surface area contributed by atoms with E-state index in [0.717, 1.165) is 0 Å². The third kappa shape index (κ3) is 2.68. The van der Waals surface area contributed by atoms with Gasteiger partial charge in [-0.05, 0) is 12.1 Å². The van der Waals surface area contributed by atoms with Crippen LogP contribution in [0.15, 0.2) is 12.1 Å². The number of nitrogens with zero attached hydrogens (tertiary/aromatic N) is 1. The summed E-state index contributed by atoms with van der Waals surface area (Å²) in [6.45, 7) is 0.0990. The van der Waals surface area contributed by atoms with Gasteiger partial charge in [0.1, 0.15) is 5.69 Å². The van der Waals surface area contributed by atoms with Crippen molar-refractivity contribution in [3.63, 3.8) is 0 Å². The van der Waals surface area contributed by atoms with Crippen LogP contribution in [-0.2, 0) is 4.74 Å². The molecule has 0 saturated heterocycles. The molecule has 13 heavy (non-hydrogen) atoms. The maximum Gasteiger partial charge on any atom is 0.188 e. The average molecular weight is 202 g/mol. The molecular formula is C8H8ClNO3. The number of ether oxygens (including phenoxy) is 2. The summed E-state index contributed by atoms with van der Waals surface area (Å²) in [5.74, 6) is 0.397. The molecule has 0 fully saturated rings. The van der Waals surface area contributed by atoms with Gasteiger partial charge in [0.15, 0.2) is 24.0 Å². The van der Waals surface area contributed by atoms with Crippen LogP contribution >= 0.6 is 11.6 Å². The molecule has 0 aliphatic heterocycles. The summed E-state index contributed by atoms with van der Waals surface area (Å²) in [6.07, 6.45) is 0.617. The Balaban J connectivity index is 2.79. The highest BCUT2D eigenvalue weighted by Gasteiger charge is 2.03. The second-order valence-electron chi connectivity index (χ2n) is 2.19. The number of rotatable bonds is 4. The molecule has 0 atom stereocenters. The maximum absolute atomic E-state index is 10.3. The molecule has 0 saturated carbocycles. The summed E-state index contributed by atoms with van der Waals surface area (Å²) in [5, 5.41) is 0.154. The molecule has 0 spiro atoms. The lowest BCUT2D eigenvalue weighted by Crippen LogP contribution is -2.00. The first-order valence-corrected chi connectivity index (χ1v) is 3.89. The number of pyridine rings is 1. The number of halogens is 1. The first-order valence-electron chi connectivity index (χ1n) is 3.51. The molecule has 0 amide bonds. The van der Waals surface area contributed by atoms with Crippen LogP contribution in [0.2, 0.25) is 5.15 Å². The summed E-state index contributed by atoms with van der Waals surface area (Å²) in [7, 11) is 1.50. The third-order valence-corrected chi connectivity index (χ3v) is 1.56.